The van der Waals surface area contributed by atoms with Crippen LogP contribution in [0, 0.1) is 0 Å². The van der Waals surface area contributed by atoms with E-state index in [1.165, 1.54) is 5.56 Å². The lowest BCUT2D eigenvalue weighted by Crippen LogP contribution is -1.88. The Morgan fingerprint density at radius 1 is 1.40 bits per heavy atom. The van der Waals surface area contributed by atoms with Crippen LogP contribution in [0.15, 0.2) is 18.7 Å². The molecule has 10 heavy (non-hydrogen) atoms. The molecule has 0 saturated carbocycles. The second-order valence-corrected chi connectivity index (χ2v) is 3.23. The van der Waals surface area contributed by atoms with E-state index in [0.29, 0.717) is 5.25 Å². The van der Waals surface area contributed by atoms with E-state index in [1.54, 1.807) is 18.1 Å². The average Bonchev–Trinajstić information content (AvgIpc) is 2.05. The van der Waals surface area contributed by atoms with Gasteiger partial charge < -0.3 is 0 Å². The summed E-state index contributed by atoms with van der Waals surface area (Å²) in [6, 6.07) is 0. The Bertz CT molecular complexity index is 188. The molecular weight excluding hydrogens is 144 g/mol. The van der Waals surface area contributed by atoms with Crippen LogP contribution in [0.4, 0.5) is 0 Å². The third-order valence-corrected chi connectivity index (χ3v) is 2.38. The highest BCUT2D eigenvalue weighted by Gasteiger charge is 2.01. The fraction of sp³-hybridized carbons (Fsp3) is 0.429. The van der Waals surface area contributed by atoms with Crippen molar-refractivity contribution in [3.63, 3.8) is 0 Å². The van der Waals surface area contributed by atoms with Gasteiger partial charge in [0, 0.05) is 23.2 Å². The normalized spacial score (nSPS) is 13.0. The van der Waals surface area contributed by atoms with Crippen LogP contribution >= 0.6 is 11.8 Å². The van der Waals surface area contributed by atoms with Crippen LogP contribution < -0.4 is 0 Å². The molecule has 1 atom stereocenters. The summed E-state index contributed by atoms with van der Waals surface area (Å²) in [5.74, 6) is 0. The van der Waals surface area contributed by atoms with Gasteiger partial charge in [-0.05, 0) is 13.2 Å². The minimum absolute atomic E-state index is 0.501. The van der Waals surface area contributed by atoms with Gasteiger partial charge in [-0.3, -0.25) is 0 Å². The third kappa shape index (κ3) is 1.70. The van der Waals surface area contributed by atoms with Crippen LogP contribution in [-0.2, 0) is 0 Å². The monoisotopic (exact) mass is 154 g/mol. The van der Waals surface area contributed by atoms with Crippen molar-refractivity contribution in [2.75, 3.05) is 6.26 Å². The lowest BCUT2D eigenvalue weighted by atomic mass is 10.3. The topological polar surface area (TPSA) is 25.8 Å². The molecule has 0 fully saturated rings. The molecule has 1 aromatic rings. The van der Waals surface area contributed by atoms with E-state index in [0.717, 1.165) is 0 Å². The summed E-state index contributed by atoms with van der Waals surface area (Å²) < 4.78 is 0. The first-order valence-corrected chi connectivity index (χ1v) is 4.41. The molecule has 0 N–H and O–H groups in total. The van der Waals surface area contributed by atoms with Crippen molar-refractivity contribution in [3.8, 4) is 0 Å². The van der Waals surface area contributed by atoms with Gasteiger partial charge in [-0.1, -0.05) is 0 Å². The summed E-state index contributed by atoms with van der Waals surface area (Å²) in [5.41, 5.74) is 1.19. The summed E-state index contributed by atoms with van der Waals surface area (Å²) in [4.78, 5) is 7.86. The molecule has 1 unspecified atom stereocenters. The number of thioether (sulfide) groups is 1. The molecule has 2 nitrogen and oxygen atoms in total. The zero-order valence-corrected chi connectivity index (χ0v) is 6.93. The molecule has 0 radical (unpaired) electrons. The first kappa shape index (κ1) is 7.54. The largest absolute Gasteiger partial charge is 0.245 e. The fourth-order valence-electron chi connectivity index (χ4n) is 0.657. The van der Waals surface area contributed by atoms with E-state index in [4.69, 9.17) is 0 Å². The fourth-order valence-corrected chi connectivity index (χ4v) is 1.05. The molecular formula is C7H10N2S. The maximum atomic E-state index is 3.93. The molecule has 0 aliphatic heterocycles. The second kappa shape index (κ2) is 3.56. The molecule has 0 amide bonds. The molecule has 0 bridgehead atoms. The minimum atomic E-state index is 0.501. The highest BCUT2D eigenvalue weighted by molar-refractivity contribution is 7.98. The summed E-state index contributed by atoms with van der Waals surface area (Å²) >= 11 is 1.80. The maximum absolute atomic E-state index is 3.93. The van der Waals surface area contributed by atoms with Crippen molar-refractivity contribution in [2.24, 2.45) is 0 Å². The zero-order chi connectivity index (χ0) is 7.40. The average molecular weight is 154 g/mol. The van der Waals surface area contributed by atoms with E-state index >= 15 is 0 Å². The van der Waals surface area contributed by atoms with Gasteiger partial charge >= 0.3 is 0 Å². The molecule has 0 saturated heterocycles. The molecule has 1 aromatic heterocycles. The van der Waals surface area contributed by atoms with Crippen molar-refractivity contribution in [3.05, 3.63) is 24.3 Å². The molecule has 0 spiro atoms. The van der Waals surface area contributed by atoms with E-state index < -0.39 is 0 Å². The van der Waals surface area contributed by atoms with Gasteiger partial charge in [-0.25, -0.2) is 9.97 Å². The molecule has 0 aromatic carbocycles. The van der Waals surface area contributed by atoms with E-state index in [-0.39, 0.29) is 0 Å². The molecule has 54 valence electrons. The summed E-state index contributed by atoms with van der Waals surface area (Å²) in [6.07, 6.45) is 7.34. The van der Waals surface area contributed by atoms with Crippen LogP contribution in [-0.4, -0.2) is 16.2 Å². The third-order valence-electron chi connectivity index (χ3n) is 1.40. The first-order valence-electron chi connectivity index (χ1n) is 3.12. The number of hydrogen-bond donors (Lipinski definition) is 0. The van der Waals surface area contributed by atoms with Crippen molar-refractivity contribution in [2.45, 2.75) is 12.2 Å². The van der Waals surface area contributed by atoms with E-state index in [2.05, 4.69) is 23.1 Å². The molecule has 3 heteroatoms. The quantitative estimate of drug-likeness (QED) is 0.650. The second-order valence-electron chi connectivity index (χ2n) is 2.05. The lowest BCUT2D eigenvalue weighted by molar-refractivity contribution is 1.02. The minimum Gasteiger partial charge on any atom is -0.245 e. The lowest BCUT2D eigenvalue weighted by Gasteiger charge is -2.04. The van der Waals surface area contributed by atoms with Gasteiger partial charge in [0.1, 0.15) is 6.33 Å². The highest BCUT2D eigenvalue weighted by atomic mass is 32.2. The highest BCUT2D eigenvalue weighted by Crippen LogP contribution is 2.23. The van der Waals surface area contributed by atoms with Crippen molar-refractivity contribution >= 4 is 11.8 Å². The number of rotatable bonds is 2. The summed E-state index contributed by atoms with van der Waals surface area (Å²) in [7, 11) is 0. The molecule has 0 aliphatic carbocycles. The van der Waals surface area contributed by atoms with Gasteiger partial charge in [0.2, 0.25) is 0 Å². The standard InChI is InChI=1S/C7H10N2S/c1-6(10-2)7-3-8-5-9-4-7/h3-6H,1-2H3. The Balaban J connectivity index is 2.75. The molecule has 0 aliphatic rings. The Kier molecular flexibility index (Phi) is 2.68. The van der Waals surface area contributed by atoms with Gasteiger partial charge in [0.15, 0.2) is 0 Å². The SMILES string of the molecule is CSC(C)c1cncnc1. The Morgan fingerprint density at radius 2 is 2.00 bits per heavy atom. The van der Waals surface area contributed by atoms with Crippen LogP contribution in [0.25, 0.3) is 0 Å². The zero-order valence-electron chi connectivity index (χ0n) is 6.11. The summed E-state index contributed by atoms with van der Waals surface area (Å²) in [6.45, 7) is 2.14. The van der Waals surface area contributed by atoms with Gasteiger partial charge in [-0.15, -0.1) is 0 Å². The van der Waals surface area contributed by atoms with E-state index in [1.807, 2.05) is 12.4 Å². The van der Waals surface area contributed by atoms with Crippen molar-refractivity contribution < 1.29 is 0 Å². The smallest absolute Gasteiger partial charge is 0.115 e. The van der Waals surface area contributed by atoms with Crippen LogP contribution in [0.1, 0.15) is 17.7 Å². The van der Waals surface area contributed by atoms with Gasteiger partial charge in [0.25, 0.3) is 0 Å². The first-order chi connectivity index (χ1) is 4.84. The Hall–Kier alpha value is -0.570. The maximum Gasteiger partial charge on any atom is 0.115 e. The molecule has 1 heterocycles. The van der Waals surface area contributed by atoms with Gasteiger partial charge in [0.05, 0.1) is 0 Å². The van der Waals surface area contributed by atoms with Crippen LogP contribution in [0.3, 0.4) is 0 Å². The Labute approximate surface area is 65.1 Å². The Morgan fingerprint density at radius 3 is 2.50 bits per heavy atom. The number of aromatic nitrogens is 2. The predicted molar refractivity (Wildman–Crippen MR) is 44.0 cm³/mol. The summed E-state index contributed by atoms with van der Waals surface area (Å²) in [5, 5.41) is 0.501. The van der Waals surface area contributed by atoms with Gasteiger partial charge in [-0.2, -0.15) is 11.8 Å². The van der Waals surface area contributed by atoms with Crippen LogP contribution in [0.2, 0.25) is 0 Å². The predicted octanol–water partition coefficient (Wildman–Crippen LogP) is 1.90. The van der Waals surface area contributed by atoms with E-state index in [9.17, 15) is 0 Å². The van der Waals surface area contributed by atoms with Crippen molar-refractivity contribution in [1.29, 1.82) is 0 Å². The van der Waals surface area contributed by atoms with Crippen LogP contribution in [0.5, 0.6) is 0 Å². The number of hydrogen-bond acceptors (Lipinski definition) is 3. The van der Waals surface area contributed by atoms with Crippen molar-refractivity contribution in [1.82, 2.24) is 9.97 Å². The molecule has 1 rings (SSSR count). The number of nitrogens with zero attached hydrogens (tertiary/aromatic N) is 2.